The summed E-state index contributed by atoms with van der Waals surface area (Å²) in [6.07, 6.45) is 1.74. The van der Waals surface area contributed by atoms with Gasteiger partial charge in [0.1, 0.15) is 17.9 Å². The van der Waals surface area contributed by atoms with E-state index in [0.717, 1.165) is 5.56 Å². The zero-order valence-corrected chi connectivity index (χ0v) is 16.6. The van der Waals surface area contributed by atoms with Crippen LogP contribution in [0.4, 0.5) is 5.69 Å². The fraction of sp³-hybridized carbons (Fsp3) is 0.167. The van der Waals surface area contributed by atoms with Gasteiger partial charge in [-0.3, -0.25) is 14.4 Å². The van der Waals surface area contributed by atoms with Crippen molar-refractivity contribution in [1.29, 1.82) is 5.26 Å². The van der Waals surface area contributed by atoms with Crippen molar-refractivity contribution in [2.45, 2.75) is 25.9 Å². The van der Waals surface area contributed by atoms with Crippen molar-refractivity contribution in [2.75, 3.05) is 5.32 Å². The number of ether oxygens (including phenoxy) is 1. The lowest BCUT2D eigenvalue weighted by atomic mass is 9.93. The third-order valence-electron chi connectivity index (χ3n) is 5.07. The first-order chi connectivity index (χ1) is 15.0. The topological polar surface area (TPSA) is 112 Å². The monoisotopic (exact) mass is 413 g/mol. The predicted octanol–water partition coefficient (Wildman–Crippen LogP) is 3.60. The van der Waals surface area contributed by atoms with Crippen LogP contribution in [0.1, 0.15) is 50.4 Å². The predicted molar refractivity (Wildman–Crippen MR) is 114 cm³/mol. The van der Waals surface area contributed by atoms with Gasteiger partial charge in [0.2, 0.25) is 0 Å². The third-order valence-corrected chi connectivity index (χ3v) is 5.07. The zero-order valence-electron chi connectivity index (χ0n) is 16.6. The van der Waals surface area contributed by atoms with Crippen LogP contribution in [0.25, 0.3) is 0 Å². The summed E-state index contributed by atoms with van der Waals surface area (Å²) in [7, 11) is 0. The first-order valence-corrected chi connectivity index (χ1v) is 9.86. The Hall–Kier alpha value is -4.18. The van der Waals surface area contributed by atoms with Crippen LogP contribution in [-0.2, 0) is 13.0 Å². The summed E-state index contributed by atoms with van der Waals surface area (Å²) >= 11 is 0. The maximum Gasteiger partial charge on any atom is 0.261 e. The molecule has 0 bridgehead atoms. The number of fused-ring (bicyclic) bond motifs is 1. The van der Waals surface area contributed by atoms with E-state index in [1.54, 1.807) is 42.5 Å². The number of carbonyl (C=O) groups is 2. The summed E-state index contributed by atoms with van der Waals surface area (Å²) in [5.74, 6) is -0.0460. The van der Waals surface area contributed by atoms with Gasteiger partial charge in [0, 0.05) is 23.4 Å². The highest BCUT2D eigenvalue weighted by atomic mass is 16.5. The highest BCUT2D eigenvalue weighted by Gasteiger charge is 2.22. The smallest absolute Gasteiger partial charge is 0.261 e. The Labute approximate surface area is 178 Å². The zero-order chi connectivity index (χ0) is 21.8. The number of nitrogens with one attached hydrogen (secondary N) is 2. The van der Waals surface area contributed by atoms with Crippen LogP contribution in [0.2, 0.25) is 0 Å². The molecule has 1 heterocycles. The van der Waals surface area contributed by atoms with Gasteiger partial charge < -0.3 is 15.0 Å². The molecule has 1 aliphatic carbocycles. The summed E-state index contributed by atoms with van der Waals surface area (Å²) in [4.78, 5) is 39.6. The number of amides is 1. The van der Waals surface area contributed by atoms with Crippen molar-refractivity contribution in [1.82, 2.24) is 4.98 Å². The summed E-state index contributed by atoms with van der Waals surface area (Å²) in [6, 6.07) is 17.4. The number of aromatic amines is 1. The molecule has 0 unspecified atom stereocenters. The lowest BCUT2D eigenvalue weighted by Gasteiger charge is -2.15. The Morgan fingerprint density at radius 1 is 1.10 bits per heavy atom. The van der Waals surface area contributed by atoms with Gasteiger partial charge in [-0.15, -0.1) is 0 Å². The minimum atomic E-state index is -0.579. The largest absolute Gasteiger partial charge is 0.489 e. The van der Waals surface area contributed by atoms with E-state index < -0.39 is 11.5 Å². The van der Waals surface area contributed by atoms with Crippen molar-refractivity contribution in [3.63, 3.8) is 0 Å². The van der Waals surface area contributed by atoms with Gasteiger partial charge in [-0.1, -0.05) is 12.1 Å². The SMILES string of the molecule is N#Cc1cccc(COc2ccc(NC(=O)c3cc4c([nH]c3=O)CCCC4=O)cc2)c1. The highest BCUT2D eigenvalue weighted by molar-refractivity contribution is 6.06. The molecule has 154 valence electrons. The number of pyridine rings is 1. The highest BCUT2D eigenvalue weighted by Crippen LogP contribution is 2.20. The Kier molecular flexibility index (Phi) is 5.63. The minimum absolute atomic E-state index is 0.0617. The van der Waals surface area contributed by atoms with E-state index in [1.807, 2.05) is 6.07 Å². The number of aromatic nitrogens is 1. The molecule has 31 heavy (non-hydrogen) atoms. The van der Waals surface area contributed by atoms with E-state index in [9.17, 15) is 14.4 Å². The van der Waals surface area contributed by atoms with Gasteiger partial charge in [0.15, 0.2) is 5.78 Å². The van der Waals surface area contributed by atoms with Crippen molar-refractivity contribution in [3.8, 4) is 11.8 Å². The second-order valence-electron chi connectivity index (χ2n) is 7.26. The van der Waals surface area contributed by atoms with E-state index in [0.29, 0.717) is 54.1 Å². The number of ketones is 1. The van der Waals surface area contributed by atoms with Gasteiger partial charge in [0.05, 0.1) is 11.6 Å². The molecule has 0 radical (unpaired) electrons. The average Bonchev–Trinajstić information content (AvgIpc) is 2.78. The second kappa shape index (κ2) is 8.67. The molecule has 1 amide bonds. The number of nitrogens with zero attached hydrogens (tertiary/aromatic N) is 1. The van der Waals surface area contributed by atoms with Crippen LogP contribution < -0.4 is 15.6 Å². The van der Waals surface area contributed by atoms with Crippen LogP contribution in [0.15, 0.2) is 59.4 Å². The Morgan fingerprint density at radius 2 is 1.90 bits per heavy atom. The molecule has 0 aliphatic heterocycles. The lowest BCUT2D eigenvalue weighted by Crippen LogP contribution is -2.27. The quantitative estimate of drug-likeness (QED) is 0.664. The molecule has 0 fully saturated rings. The number of benzene rings is 2. The molecule has 1 aromatic heterocycles. The molecule has 0 saturated carbocycles. The number of carbonyl (C=O) groups excluding carboxylic acids is 2. The number of hydrogen-bond donors (Lipinski definition) is 2. The summed E-state index contributed by atoms with van der Waals surface area (Å²) in [6.45, 7) is 0.305. The van der Waals surface area contributed by atoms with Gasteiger partial charge in [0.25, 0.3) is 11.5 Å². The standard InChI is InChI=1S/C24H19N3O4/c25-13-15-3-1-4-16(11-15)14-31-18-9-7-17(8-10-18)26-23(29)20-12-19-21(27-24(20)30)5-2-6-22(19)28/h1,3-4,7-12H,2,5-6,14H2,(H,26,29)(H,27,30). The van der Waals surface area contributed by atoms with E-state index in [2.05, 4.69) is 16.4 Å². The Bertz CT molecular complexity index is 1250. The maximum absolute atomic E-state index is 12.6. The third kappa shape index (κ3) is 4.54. The van der Waals surface area contributed by atoms with Gasteiger partial charge in [-0.2, -0.15) is 5.26 Å². The number of rotatable bonds is 5. The van der Waals surface area contributed by atoms with Crippen molar-refractivity contribution >= 4 is 17.4 Å². The summed E-state index contributed by atoms with van der Waals surface area (Å²) in [5, 5.41) is 11.6. The first-order valence-electron chi connectivity index (χ1n) is 9.86. The average molecular weight is 413 g/mol. The minimum Gasteiger partial charge on any atom is -0.489 e. The van der Waals surface area contributed by atoms with Crippen LogP contribution in [0.3, 0.4) is 0 Å². The number of H-pyrrole nitrogens is 1. The first kappa shape index (κ1) is 20.1. The molecule has 7 heteroatoms. The molecule has 2 N–H and O–H groups in total. The summed E-state index contributed by atoms with van der Waals surface area (Å²) in [5.41, 5.74) is 2.35. The van der Waals surface area contributed by atoms with Crippen molar-refractivity contribution in [3.05, 3.63) is 92.9 Å². The van der Waals surface area contributed by atoms with Crippen LogP contribution in [0, 0.1) is 11.3 Å². The van der Waals surface area contributed by atoms with Crippen LogP contribution in [0.5, 0.6) is 5.75 Å². The van der Waals surface area contributed by atoms with Gasteiger partial charge >= 0.3 is 0 Å². The van der Waals surface area contributed by atoms with E-state index in [-0.39, 0.29) is 11.3 Å². The Morgan fingerprint density at radius 3 is 2.68 bits per heavy atom. The molecule has 2 aromatic carbocycles. The fourth-order valence-corrected chi connectivity index (χ4v) is 3.47. The van der Waals surface area contributed by atoms with Crippen LogP contribution >= 0.6 is 0 Å². The van der Waals surface area contributed by atoms with Crippen molar-refractivity contribution in [2.24, 2.45) is 0 Å². The molecule has 3 aromatic rings. The maximum atomic E-state index is 12.6. The lowest BCUT2D eigenvalue weighted by molar-refractivity contribution is 0.0971. The normalized spacial score (nSPS) is 12.5. The molecule has 0 spiro atoms. The molecular formula is C24H19N3O4. The number of nitriles is 1. The number of Topliss-reactive ketones (excluding diaryl/α,β-unsaturated/α-hetero) is 1. The van der Waals surface area contributed by atoms with E-state index >= 15 is 0 Å². The number of aryl methyl sites for hydroxylation is 1. The molecule has 0 saturated heterocycles. The molecule has 0 atom stereocenters. The molecule has 7 nitrogen and oxygen atoms in total. The Balaban J connectivity index is 1.42. The van der Waals surface area contributed by atoms with Gasteiger partial charge in [-0.05, 0) is 60.9 Å². The molecule has 4 rings (SSSR count). The van der Waals surface area contributed by atoms with E-state index in [1.165, 1.54) is 6.07 Å². The van der Waals surface area contributed by atoms with E-state index in [4.69, 9.17) is 10.00 Å². The molecule has 1 aliphatic rings. The fourth-order valence-electron chi connectivity index (χ4n) is 3.47. The second-order valence-corrected chi connectivity index (χ2v) is 7.26. The van der Waals surface area contributed by atoms with Crippen LogP contribution in [-0.4, -0.2) is 16.7 Å². The summed E-state index contributed by atoms with van der Waals surface area (Å²) < 4.78 is 5.71. The molecular weight excluding hydrogens is 394 g/mol. The van der Waals surface area contributed by atoms with Crippen molar-refractivity contribution < 1.29 is 14.3 Å². The van der Waals surface area contributed by atoms with Gasteiger partial charge in [-0.25, -0.2) is 0 Å². The number of anilines is 1. The number of hydrogen-bond acceptors (Lipinski definition) is 5.